The van der Waals surface area contributed by atoms with Crippen LogP contribution in [-0.4, -0.2) is 25.7 Å². The number of aromatic carboxylic acids is 1. The molecule has 0 aliphatic carbocycles. The molecule has 0 saturated heterocycles. The first-order valence-corrected chi connectivity index (χ1v) is 6.23. The lowest BCUT2D eigenvalue weighted by molar-refractivity contribution is 0.0693. The summed E-state index contributed by atoms with van der Waals surface area (Å²) < 4.78 is 1.60. The number of carbonyl (C=O) groups is 1. The van der Waals surface area contributed by atoms with Gasteiger partial charge in [-0.1, -0.05) is 24.3 Å². The van der Waals surface area contributed by atoms with Crippen molar-refractivity contribution in [3.63, 3.8) is 0 Å². The summed E-state index contributed by atoms with van der Waals surface area (Å²) in [5.74, 6) is -0.493. The summed E-state index contributed by atoms with van der Waals surface area (Å²) in [6.07, 6.45) is 0. The van der Waals surface area contributed by atoms with E-state index in [4.69, 9.17) is 0 Å². The Kier molecular flexibility index (Phi) is 2.75. The number of hydrogen-bond donors (Lipinski definition) is 1. The molecule has 5 nitrogen and oxygen atoms in total. The largest absolute Gasteiger partial charge is 0.476 e. The third-order valence-corrected chi connectivity index (χ3v) is 3.22. The van der Waals surface area contributed by atoms with Crippen molar-refractivity contribution in [2.75, 3.05) is 0 Å². The standard InChI is InChI=1S/C15H13N3O2/c1-9-5-3-4-6-11(9)14-16-13(15(19)20)12-8-7-10(2)17-18(12)14/h3-8H,1-2H3,(H,19,20). The quantitative estimate of drug-likeness (QED) is 0.775. The zero-order chi connectivity index (χ0) is 14.3. The first-order valence-electron chi connectivity index (χ1n) is 6.23. The molecule has 1 N–H and O–H groups in total. The molecule has 3 rings (SSSR count). The number of aromatic nitrogens is 3. The molecule has 0 aliphatic heterocycles. The lowest BCUT2D eigenvalue weighted by atomic mass is 10.1. The average Bonchev–Trinajstić information content (AvgIpc) is 2.78. The van der Waals surface area contributed by atoms with Gasteiger partial charge >= 0.3 is 5.97 Å². The molecule has 0 spiro atoms. The molecule has 0 radical (unpaired) electrons. The summed E-state index contributed by atoms with van der Waals surface area (Å²) in [6.45, 7) is 3.83. The van der Waals surface area contributed by atoms with Gasteiger partial charge in [0, 0.05) is 5.56 Å². The highest BCUT2D eigenvalue weighted by atomic mass is 16.4. The number of carboxylic acids is 1. The second-order valence-electron chi connectivity index (χ2n) is 4.68. The zero-order valence-corrected chi connectivity index (χ0v) is 11.2. The minimum absolute atomic E-state index is 0.0238. The van der Waals surface area contributed by atoms with Crippen molar-refractivity contribution in [2.45, 2.75) is 13.8 Å². The molecular formula is C15H13N3O2. The average molecular weight is 267 g/mol. The summed E-state index contributed by atoms with van der Waals surface area (Å²) in [6, 6.07) is 11.2. The van der Waals surface area contributed by atoms with E-state index in [9.17, 15) is 9.90 Å². The number of hydrogen-bond acceptors (Lipinski definition) is 3. The van der Waals surface area contributed by atoms with Gasteiger partial charge in [0.25, 0.3) is 0 Å². The van der Waals surface area contributed by atoms with Crippen LogP contribution in [0.3, 0.4) is 0 Å². The van der Waals surface area contributed by atoms with E-state index in [1.165, 1.54) is 0 Å². The SMILES string of the molecule is Cc1ccc2c(C(=O)O)nc(-c3ccccc3C)n2n1. The number of carboxylic acid groups (broad SMARTS) is 1. The van der Waals surface area contributed by atoms with E-state index >= 15 is 0 Å². The molecule has 2 heterocycles. The second-order valence-corrected chi connectivity index (χ2v) is 4.68. The molecule has 20 heavy (non-hydrogen) atoms. The lowest BCUT2D eigenvalue weighted by Gasteiger charge is -2.04. The summed E-state index contributed by atoms with van der Waals surface area (Å²) in [5.41, 5.74) is 3.24. The topological polar surface area (TPSA) is 67.5 Å². The van der Waals surface area contributed by atoms with E-state index in [2.05, 4.69) is 10.1 Å². The Labute approximate surface area is 115 Å². The Balaban J connectivity index is 2.39. The molecule has 0 saturated carbocycles. The Morgan fingerprint density at radius 3 is 2.60 bits per heavy atom. The summed E-state index contributed by atoms with van der Waals surface area (Å²) in [4.78, 5) is 15.6. The van der Waals surface area contributed by atoms with E-state index in [1.54, 1.807) is 16.6 Å². The molecule has 0 fully saturated rings. The molecule has 0 amide bonds. The Hall–Kier alpha value is -2.69. The van der Waals surface area contributed by atoms with Crippen LogP contribution in [0.25, 0.3) is 16.9 Å². The Bertz CT molecular complexity index is 821. The fourth-order valence-corrected chi connectivity index (χ4v) is 2.22. The second kappa shape index (κ2) is 4.45. The number of fused-ring (bicyclic) bond motifs is 1. The summed E-state index contributed by atoms with van der Waals surface area (Å²) >= 11 is 0. The van der Waals surface area contributed by atoms with Crippen molar-refractivity contribution in [2.24, 2.45) is 0 Å². The summed E-state index contributed by atoms with van der Waals surface area (Å²) in [5, 5.41) is 13.7. The molecule has 0 unspecified atom stereocenters. The molecule has 5 heteroatoms. The van der Waals surface area contributed by atoms with E-state index in [0.717, 1.165) is 16.8 Å². The van der Waals surface area contributed by atoms with Gasteiger partial charge < -0.3 is 5.11 Å². The van der Waals surface area contributed by atoms with E-state index in [-0.39, 0.29) is 5.69 Å². The van der Waals surface area contributed by atoms with Crippen LogP contribution in [0.4, 0.5) is 0 Å². The van der Waals surface area contributed by atoms with Crippen LogP contribution in [0.2, 0.25) is 0 Å². The summed E-state index contributed by atoms with van der Waals surface area (Å²) in [7, 11) is 0. The highest BCUT2D eigenvalue weighted by Gasteiger charge is 2.19. The van der Waals surface area contributed by atoms with Crippen LogP contribution in [0.15, 0.2) is 36.4 Å². The lowest BCUT2D eigenvalue weighted by Crippen LogP contribution is -1.99. The van der Waals surface area contributed by atoms with Gasteiger partial charge in [-0.25, -0.2) is 14.3 Å². The number of imidazole rings is 1. The zero-order valence-electron chi connectivity index (χ0n) is 11.2. The molecule has 0 atom stereocenters. The van der Waals surface area contributed by atoms with Gasteiger partial charge in [0.15, 0.2) is 11.5 Å². The van der Waals surface area contributed by atoms with Crippen LogP contribution in [-0.2, 0) is 0 Å². The van der Waals surface area contributed by atoms with Crippen LogP contribution < -0.4 is 0 Å². The minimum Gasteiger partial charge on any atom is -0.476 e. The molecule has 100 valence electrons. The number of rotatable bonds is 2. The van der Waals surface area contributed by atoms with Crippen molar-refractivity contribution in [3.05, 3.63) is 53.3 Å². The van der Waals surface area contributed by atoms with Crippen LogP contribution in [0, 0.1) is 13.8 Å². The minimum atomic E-state index is -1.05. The van der Waals surface area contributed by atoms with E-state index in [0.29, 0.717) is 11.3 Å². The van der Waals surface area contributed by atoms with Crippen LogP contribution in [0.5, 0.6) is 0 Å². The highest BCUT2D eigenvalue weighted by molar-refractivity contribution is 5.94. The number of nitrogens with zero attached hydrogens (tertiary/aromatic N) is 3. The first-order chi connectivity index (χ1) is 9.58. The van der Waals surface area contributed by atoms with Crippen LogP contribution >= 0.6 is 0 Å². The maximum Gasteiger partial charge on any atom is 0.356 e. The molecule has 2 aromatic heterocycles. The fourth-order valence-electron chi connectivity index (χ4n) is 2.22. The molecule has 0 aliphatic rings. The van der Waals surface area contributed by atoms with E-state index in [1.807, 2.05) is 38.1 Å². The van der Waals surface area contributed by atoms with Crippen molar-refractivity contribution in [1.29, 1.82) is 0 Å². The molecular weight excluding hydrogens is 254 g/mol. The normalized spacial score (nSPS) is 10.9. The van der Waals surface area contributed by atoms with Crippen molar-refractivity contribution < 1.29 is 9.90 Å². The van der Waals surface area contributed by atoms with Gasteiger partial charge in [-0.05, 0) is 31.5 Å². The van der Waals surface area contributed by atoms with Gasteiger partial charge in [0.1, 0.15) is 5.52 Å². The predicted molar refractivity (Wildman–Crippen MR) is 74.9 cm³/mol. The first kappa shape index (κ1) is 12.3. The number of benzene rings is 1. The smallest absolute Gasteiger partial charge is 0.356 e. The van der Waals surface area contributed by atoms with Gasteiger partial charge in [-0.15, -0.1) is 0 Å². The third-order valence-electron chi connectivity index (χ3n) is 3.22. The molecule has 1 aromatic carbocycles. The maximum atomic E-state index is 11.3. The van der Waals surface area contributed by atoms with Gasteiger partial charge in [0.2, 0.25) is 0 Å². The van der Waals surface area contributed by atoms with Crippen LogP contribution in [0.1, 0.15) is 21.7 Å². The van der Waals surface area contributed by atoms with Crippen molar-refractivity contribution >= 4 is 11.5 Å². The monoisotopic (exact) mass is 267 g/mol. The van der Waals surface area contributed by atoms with Gasteiger partial charge in [0.05, 0.1) is 5.69 Å². The third kappa shape index (κ3) is 1.84. The van der Waals surface area contributed by atoms with Gasteiger partial charge in [-0.3, -0.25) is 0 Å². The van der Waals surface area contributed by atoms with Crippen molar-refractivity contribution in [3.8, 4) is 11.4 Å². The number of aryl methyl sites for hydroxylation is 2. The van der Waals surface area contributed by atoms with Crippen molar-refractivity contribution in [1.82, 2.24) is 14.6 Å². The highest BCUT2D eigenvalue weighted by Crippen LogP contribution is 2.24. The maximum absolute atomic E-state index is 11.3. The van der Waals surface area contributed by atoms with E-state index < -0.39 is 5.97 Å². The molecule has 0 bridgehead atoms. The fraction of sp³-hybridized carbons (Fsp3) is 0.133. The molecule has 3 aromatic rings. The predicted octanol–water partition coefficient (Wildman–Crippen LogP) is 2.71. The van der Waals surface area contributed by atoms with Gasteiger partial charge in [-0.2, -0.15) is 5.10 Å². The Morgan fingerprint density at radius 2 is 1.90 bits per heavy atom. The Morgan fingerprint density at radius 1 is 1.15 bits per heavy atom.